The number of hydrogen-bond acceptors (Lipinski definition) is 6. The zero-order chi connectivity index (χ0) is 26.5. The highest BCUT2D eigenvalue weighted by Crippen LogP contribution is 2.14. The minimum Gasteiger partial charge on any atom is -0.497 e. The third-order valence-electron chi connectivity index (χ3n) is 4.66. The molecule has 2 aromatic rings. The van der Waals surface area contributed by atoms with Crippen LogP contribution in [0.15, 0.2) is 59.9 Å². The summed E-state index contributed by atoms with van der Waals surface area (Å²) in [6.07, 6.45) is 3.06. The number of carbonyl (C=O) groups is 4. The van der Waals surface area contributed by atoms with E-state index in [1.54, 1.807) is 62.8 Å². The Kier molecular flexibility index (Phi) is 10.7. The Hall–Kier alpha value is -4.60. The molecule has 0 heterocycles. The zero-order valence-corrected chi connectivity index (χ0v) is 20.6. The Labute approximate surface area is 209 Å². The van der Waals surface area contributed by atoms with Gasteiger partial charge >= 0.3 is 0 Å². The van der Waals surface area contributed by atoms with Crippen molar-refractivity contribution in [2.45, 2.75) is 13.8 Å². The fourth-order valence-corrected chi connectivity index (χ4v) is 2.97. The van der Waals surface area contributed by atoms with E-state index in [9.17, 15) is 19.2 Å². The van der Waals surface area contributed by atoms with Gasteiger partial charge in [-0.3, -0.25) is 19.2 Å². The van der Waals surface area contributed by atoms with Crippen LogP contribution in [0.4, 0.5) is 0 Å². The van der Waals surface area contributed by atoms with Crippen molar-refractivity contribution in [3.63, 3.8) is 0 Å². The van der Waals surface area contributed by atoms with Crippen LogP contribution < -0.4 is 30.7 Å². The topological polar surface area (TPSA) is 135 Å². The summed E-state index contributed by atoms with van der Waals surface area (Å²) < 4.78 is 10.2. The maximum atomic E-state index is 12.6. The molecule has 0 aliphatic heterocycles. The first-order valence-electron chi connectivity index (χ1n) is 11.0. The van der Waals surface area contributed by atoms with E-state index in [4.69, 9.17) is 9.47 Å². The zero-order valence-electron chi connectivity index (χ0n) is 20.6. The summed E-state index contributed by atoms with van der Waals surface area (Å²) in [4.78, 5) is 48.3. The average molecular weight is 495 g/mol. The Morgan fingerprint density at radius 2 is 0.972 bits per heavy atom. The van der Waals surface area contributed by atoms with Crippen molar-refractivity contribution in [1.29, 1.82) is 0 Å². The van der Waals surface area contributed by atoms with Crippen LogP contribution in [-0.4, -0.2) is 50.9 Å². The van der Waals surface area contributed by atoms with Gasteiger partial charge in [-0.2, -0.15) is 0 Å². The van der Waals surface area contributed by atoms with Gasteiger partial charge < -0.3 is 30.7 Å². The van der Waals surface area contributed by atoms with Gasteiger partial charge in [0.15, 0.2) is 0 Å². The van der Waals surface area contributed by atoms with Crippen molar-refractivity contribution in [3.8, 4) is 11.5 Å². The van der Waals surface area contributed by atoms with Gasteiger partial charge in [0.1, 0.15) is 22.9 Å². The lowest BCUT2D eigenvalue weighted by Crippen LogP contribution is -2.40. The molecule has 2 rings (SSSR count). The summed E-state index contributed by atoms with van der Waals surface area (Å²) in [5.41, 5.74) is 1.48. The summed E-state index contributed by atoms with van der Waals surface area (Å²) >= 11 is 0. The number of benzene rings is 2. The molecule has 36 heavy (non-hydrogen) atoms. The molecule has 0 fully saturated rings. The van der Waals surface area contributed by atoms with Crippen LogP contribution in [0, 0.1) is 0 Å². The highest BCUT2D eigenvalue weighted by atomic mass is 16.5. The normalized spacial score (nSPS) is 11.2. The van der Waals surface area contributed by atoms with E-state index < -0.39 is 23.6 Å². The molecule has 4 amide bonds. The van der Waals surface area contributed by atoms with Gasteiger partial charge in [-0.1, -0.05) is 24.3 Å². The van der Waals surface area contributed by atoms with Crippen LogP contribution in [0.1, 0.15) is 25.0 Å². The van der Waals surface area contributed by atoms with Gasteiger partial charge in [-0.25, -0.2) is 0 Å². The molecule has 0 unspecified atom stereocenters. The van der Waals surface area contributed by atoms with Crippen LogP contribution in [0.25, 0.3) is 12.2 Å². The third kappa shape index (κ3) is 9.34. The summed E-state index contributed by atoms with van der Waals surface area (Å²) in [6, 6.07) is 13.9. The number of hydrogen-bond donors (Lipinski definition) is 4. The highest BCUT2D eigenvalue weighted by Gasteiger charge is 2.13. The van der Waals surface area contributed by atoms with Crippen molar-refractivity contribution in [2.24, 2.45) is 0 Å². The minimum absolute atomic E-state index is 0.0531. The van der Waals surface area contributed by atoms with E-state index in [-0.39, 0.29) is 24.5 Å². The predicted octanol–water partition coefficient (Wildman–Crippen LogP) is 1.59. The highest BCUT2D eigenvalue weighted by molar-refractivity contribution is 6.02. The second-order valence-corrected chi connectivity index (χ2v) is 7.54. The Morgan fingerprint density at radius 3 is 1.25 bits per heavy atom. The molecular formula is C26H30N4O6. The number of nitrogens with one attached hydrogen (secondary N) is 4. The molecule has 0 aromatic heterocycles. The van der Waals surface area contributed by atoms with E-state index in [2.05, 4.69) is 21.3 Å². The van der Waals surface area contributed by atoms with Crippen molar-refractivity contribution < 1.29 is 28.7 Å². The molecule has 4 N–H and O–H groups in total. The summed E-state index contributed by atoms with van der Waals surface area (Å²) in [6.45, 7) is 2.77. The fraction of sp³-hybridized carbons (Fsp3) is 0.231. The minimum atomic E-state index is -0.522. The van der Waals surface area contributed by atoms with Crippen LogP contribution in [-0.2, 0) is 19.2 Å². The lowest BCUT2D eigenvalue weighted by Gasteiger charge is -2.12. The van der Waals surface area contributed by atoms with Crippen LogP contribution in [0.2, 0.25) is 0 Å². The van der Waals surface area contributed by atoms with Crippen molar-refractivity contribution >= 4 is 35.8 Å². The predicted molar refractivity (Wildman–Crippen MR) is 136 cm³/mol. The first-order valence-corrected chi connectivity index (χ1v) is 11.0. The maximum absolute atomic E-state index is 12.6. The molecule has 2 aromatic carbocycles. The second kappa shape index (κ2) is 14.0. The van der Waals surface area contributed by atoms with E-state index >= 15 is 0 Å². The number of amides is 4. The van der Waals surface area contributed by atoms with E-state index in [0.717, 1.165) is 0 Å². The van der Waals surface area contributed by atoms with Gasteiger partial charge in [-0.05, 0) is 47.5 Å². The standard InChI is InChI=1S/C26H30N4O6/c1-17(31)29-23(15-19-5-9-21(35-3)10-6-19)25(33)27-13-14-28-26(34)24(30-18(2)32)16-20-7-11-22(36-4)12-8-20/h5-12,15-16H,13-14H2,1-4H3,(H,27,33)(H,28,34)(H,29,31)(H,30,32). The van der Waals surface area contributed by atoms with Gasteiger partial charge in [0.25, 0.3) is 11.8 Å². The maximum Gasteiger partial charge on any atom is 0.267 e. The number of rotatable bonds is 11. The average Bonchev–Trinajstić information content (AvgIpc) is 2.86. The van der Waals surface area contributed by atoms with Crippen LogP contribution in [0.3, 0.4) is 0 Å². The SMILES string of the molecule is COc1ccc(C=C(NC(C)=O)C(=O)NCCNC(=O)C(=Cc2ccc(OC)cc2)NC(C)=O)cc1. The van der Waals surface area contributed by atoms with Crippen molar-refractivity contribution in [1.82, 2.24) is 21.3 Å². The summed E-state index contributed by atoms with van der Waals surface area (Å²) in [5.74, 6) is -0.526. The van der Waals surface area contributed by atoms with Crippen LogP contribution in [0.5, 0.6) is 11.5 Å². The molecule has 190 valence electrons. The molecule has 0 aliphatic carbocycles. The van der Waals surface area contributed by atoms with E-state index in [1.165, 1.54) is 26.0 Å². The molecule has 0 bridgehead atoms. The van der Waals surface area contributed by atoms with E-state index in [0.29, 0.717) is 22.6 Å². The number of carbonyl (C=O) groups excluding carboxylic acids is 4. The molecule has 0 atom stereocenters. The lowest BCUT2D eigenvalue weighted by atomic mass is 10.1. The Balaban J connectivity index is 1.99. The molecule has 0 saturated heterocycles. The molecular weight excluding hydrogens is 464 g/mol. The van der Waals surface area contributed by atoms with Gasteiger partial charge in [0, 0.05) is 26.9 Å². The molecule has 10 heteroatoms. The molecule has 0 spiro atoms. The summed E-state index contributed by atoms with van der Waals surface area (Å²) in [5, 5.41) is 10.3. The lowest BCUT2D eigenvalue weighted by molar-refractivity contribution is -0.122. The molecule has 0 radical (unpaired) electrons. The van der Waals surface area contributed by atoms with Gasteiger partial charge in [-0.15, -0.1) is 0 Å². The number of ether oxygens (including phenoxy) is 2. The molecule has 0 saturated carbocycles. The molecule has 0 aliphatic rings. The fourth-order valence-electron chi connectivity index (χ4n) is 2.97. The Morgan fingerprint density at radius 1 is 0.639 bits per heavy atom. The van der Waals surface area contributed by atoms with Crippen molar-refractivity contribution in [2.75, 3.05) is 27.3 Å². The Bertz CT molecular complexity index is 1050. The van der Waals surface area contributed by atoms with Gasteiger partial charge in [0.05, 0.1) is 14.2 Å². The second-order valence-electron chi connectivity index (χ2n) is 7.54. The number of methoxy groups -OCH3 is 2. The largest absolute Gasteiger partial charge is 0.497 e. The quantitative estimate of drug-likeness (QED) is 0.277. The monoisotopic (exact) mass is 494 g/mol. The van der Waals surface area contributed by atoms with Crippen molar-refractivity contribution in [3.05, 3.63) is 71.1 Å². The summed E-state index contributed by atoms with van der Waals surface area (Å²) in [7, 11) is 3.10. The van der Waals surface area contributed by atoms with Crippen LogP contribution >= 0.6 is 0 Å². The first kappa shape index (κ1) is 27.6. The van der Waals surface area contributed by atoms with E-state index in [1.807, 2.05) is 0 Å². The smallest absolute Gasteiger partial charge is 0.267 e. The van der Waals surface area contributed by atoms with Gasteiger partial charge in [0.2, 0.25) is 11.8 Å². The molecule has 10 nitrogen and oxygen atoms in total. The third-order valence-corrected chi connectivity index (χ3v) is 4.66. The first-order chi connectivity index (χ1) is 17.2.